The van der Waals surface area contributed by atoms with Crippen molar-refractivity contribution in [3.63, 3.8) is 0 Å². The number of carbonyl (C=O) groups excluding carboxylic acids is 3. The van der Waals surface area contributed by atoms with Gasteiger partial charge in [-0.15, -0.1) is 0 Å². The van der Waals surface area contributed by atoms with Crippen molar-refractivity contribution in [2.75, 3.05) is 13.2 Å². The van der Waals surface area contributed by atoms with Crippen molar-refractivity contribution in [1.29, 1.82) is 0 Å². The van der Waals surface area contributed by atoms with Crippen LogP contribution in [0.2, 0.25) is 0 Å². The lowest BCUT2D eigenvalue weighted by molar-refractivity contribution is -0.155. The standard InChI is InChI=1S/C28H39NO3.C21H29NO.C7H10O3/c1-5-31-27(30)22-15-24(16-22)29-18-19-6-7-21-17-26(11-8-20(21)14-19)32-25-12-9-23(10-13-25)28(2,3)4;1-21(2,3)18-7-10-19(11-8-18)23-20-9-6-16-12-15(14-22)4-5-17(16)13-20;1-2-10-7(9)5-3-6(8)4-5/h6-8,11,14,17,22-25,29H,5,9-10,12-13,15-16,18H2,1-4H3;4-6,9,12-13,18-19H,7-8,10-11,14,22H2,1-3H3;5H,2-4H2,1H3. The summed E-state index contributed by atoms with van der Waals surface area (Å²) in [5, 5.41) is 8.50. The van der Waals surface area contributed by atoms with Crippen LogP contribution in [0, 0.1) is 34.5 Å². The predicted molar refractivity (Wildman–Crippen MR) is 262 cm³/mol. The first-order valence-corrected chi connectivity index (χ1v) is 24.7. The molecule has 0 radical (unpaired) electrons. The zero-order chi connectivity index (χ0) is 46.7. The highest BCUT2D eigenvalue weighted by Gasteiger charge is 2.36. The van der Waals surface area contributed by atoms with Gasteiger partial charge in [0, 0.05) is 32.0 Å². The molecule has 65 heavy (non-hydrogen) atoms. The van der Waals surface area contributed by atoms with Gasteiger partial charge in [0.15, 0.2) is 0 Å². The lowest BCUT2D eigenvalue weighted by Gasteiger charge is -2.37. The van der Waals surface area contributed by atoms with Gasteiger partial charge in [0.05, 0.1) is 37.3 Å². The molecular weight excluding hydrogens is 813 g/mol. The van der Waals surface area contributed by atoms with Crippen molar-refractivity contribution in [2.24, 2.45) is 40.2 Å². The number of hydrogen-bond donors (Lipinski definition) is 2. The highest BCUT2D eigenvalue weighted by Crippen LogP contribution is 2.40. The van der Waals surface area contributed by atoms with Crippen molar-refractivity contribution in [3.8, 4) is 11.5 Å². The highest BCUT2D eigenvalue weighted by molar-refractivity contribution is 5.94. The van der Waals surface area contributed by atoms with Gasteiger partial charge in [-0.1, -0.05) is 77.9 Å². The van der Waals surface area contributed by atoms with E-state index < -0.39 is 0 Å². The van der Waals surface area contributed by atoms with E-state index in [1.807, 2.05) is 6.92 Å². The number of benzene rings is 4. The summed E-state index contributed by atoms with van der Waals surface area (Å²) in [7, 11) is 0. The molecule has 4 aromatic rings. The molecule has 0 heterocycles. The average molecular weight is 891 g/mol. The first-order chi connectivity index (χ1) is 31.0. The Hall–Kier alpha value is -4.47. The Morgan fingerprint density at radius 2 is 1.00 bits per heavy atom. The monoisotopic (exact) mass is 891 g/mol. The number of ether oxygens (including phenoxy) is 4. The smallest absolute Gasteiger partial charge is 0.309 e. The molecule has 9 nitrogen and oxygen atoms in total. The average Bonchev–Trinajstić information content (AvgIpc) is 3.25. The fourth-order valence-corrected chi connectivity index (χ4v) is 9.82. The van der Waals surface area contributed by atoms with Gasteiger partial charge in [0.1, 0.15) is 17.3 Å². The summed E-state index contributed by atoms with van der Waals surface area (Å²) in [5.74, 6) is 3.46. The third kappa shape index (κ3) is 14.5. The lowest BCUT2D eigenvalue weighted by Crippen LogP contribution is -2.44. The van der Waals surface area contributed by atoms with Crippen molar-refractivity contribution in [1.82, 2.24) is 5.32 Å². The van der Waals surface area contributed by atoms with Crippen molar-refractivity contribution >= 4 is 39.3 Å². The Balaban J connectivity index is 0.000000184. The Labute approximate surface area is 389 Å². The minimum Gasteiger partial charge on any atom is -0.490 e. The van der Waals surface area contributed by atoms with Crippen LogP contribution in [-0.2, 0) is 36.9 Å². The minimum absolute atomic E-state index is 0.0449. The van der Waals surface area contributed by atoms with E-state index in [-0.39, 0.29) is 29.6 Å². The SMILES string of the molecule is CC(C)(C)C1CCC(Oc2ccc3cc(CN)ccc3c2)CC1.CCOC(=O)C1CC(=O)C1.CCOC(=O)C1CC(NCc2ccc3cc(OC4CCC(C(C)(C)C)CC4)ccc3c2)C1. The van der Waals surface area contributed by atoms with Gasteiger partial charge in [0.2, 0.25) is 0 Å². The van der Waals surface area contributed by atoms with Crippen LogP contribution in [-0.4, -0.2) is 49.2 Å². The second kappa shape index (κ2) is 22.8. The number of rotatable bonds is 12. The van der Waals surface area contributed by atoms with Gasteiger partial charge in [-0.25, -0.2) is 0 Å². The number of esters is 2. The molecule has 0 aliphatic heterocycles. The van der Waals surface area contributed by atoms with Gasteiger partial charge in [-0.05, 0) is 170 Å². The number of nitrogens with one attached hydrogen (secondary N) is 1. The molecule has 0 spiro atoms. The summed E-state index contributed by atoms with van der Waals surface area (Å²) >= 11 is 0. The van der Waals surface area contributed by atoms with Crippen LogP contribution in [0.15, 0.2) is 72.8 Å². The molecule has 3 N–H and O–H groups in total. The Bertz CT molecular complexity index is 2170. The molecule has 4 aliphatic rings. The Morgan fingerprint density at radius 3 is 1.43 bits per heavy atom. The van der Waals surface area contributed by atoms with Gasteiger partial charge >= 0.3 is 11.9 Å². The summed E-state index contributed by atoms with van der Waals surface area (Å²) in [6.45, 7) is 20.1. The van der Waals surface area contributed by atoms with E-state index in [4.69, 9.17) is 24.7 Å². The fraction of sp³-hybridized carbons (Fsp3) is 0.589. The van der Waals surface area contributed by atoms with E-state index in [1.54, 1.807) is 6.92 Å². The molecule has 4 fully saturated rings. The largest absolute Gasteiger partial charge is 0.490 e. The normalized spacial score (nSPS) is 23.4. The summed E-state index contributed by atoms with van der Waals surface area (Å²) < 4.78 is 22.4. The van der Waals surface area contributed by atoms with E-state index >= 15 is 0 Å². The molecule has 0 unspecified atom stereocenters. The van der Waals surface area contributed by atoms with Crippen LogP contribution in [0.3, 0.4) is 0 Å². The maximum absolute atomic E-state index is 11.7. The first kappa shape index (κ1) is 50.0. The van der Waals surface area contributed by atoms with E-state index in [2.05, 4.69) is 120 Å². The topological polar surface area (TPSA) is 126 Å². The van der Waals surface area contributed by atoms with Gasteiger partial charge in [-0.3, -0.25) is 14.4 Å². The second-order valence-electron chi connectivity index (χ2n) is 21.2. The first-order valence-electron chi connectivity index (χ1n) is 24.7. The number of carbonyl (C=O) groups is 3. The van der Waals surface area contributed by atoms with Crippen LogP contribution in [0.1, 0.15) is 144 Å². The number of Topliss-reactive ketones (excluding diaryl/α,β-unsaturated/α-hetero) is 1. The Kier molecular flexibility index (Phi) is 17.5. The van der Waals surface area contributed by atoms with Crippen LogP contribution >= 0.6 is 0 Å². The number of fused-ring (bicyclic) bond motifs is 2. The summed E-state index contributed by atoms with van der Waals surface area (Å²) in [5.41, 5.74) is 8.98. The second-order valence-corrected chi connectivity index (χ2v) is 21.2. The maximum Gasteiger partial charge on any atom is 0.309 e. The van der Waals surface area contributed by atoms with Crippen molar-refractivity contribution in [2.45, 2.75) is 164 Å². The van der Waals surface area contributed by atoms with E-state index in [0.29, 0.717) is 61.7 Å². The summed E-state index contributed by atoms with van der Waals surface area (Å²) in [6, 6.07) is 26.3. The quantitative estimate of drug-likeness (QED) is 0.134. The lowest BCUT2D eigenvalue weighted by atomic mass is 9.72. The molecule has 354 valence electrons. The van der Waals surface area contributed by atoms with Crippen LogP contribution < -0.4 is 20.5 Å². The highest BCUT2D eigenvalue weighted by atomic mass is 16.5. The van der Waals surface area contributed by atoms with E-state index in [9.17, 15) is 14.4 Å². The summed E-state index contributed by atoms with van der Waals surface area (Å²) in [4.78, 5) is 32.9. The molecule has 0 aromatic heterocycles. The molecule has 0 atom stereocenters. The number of hydrogen-bond acceptors (Lipinski definition) is 9. The molecule has 9 heteroatoms. The molecule has 0 bridgehead atoms. The molecular formula is C56H78N2O7. The maximum atomic E-state index is 11.7. The molecule has 0 amide bonds. The zero-order valence-corrected chi connectivity index (χ0v) is 40.7. The zero-order valence-electron chi connectivity index (χ0n) is 40.7. The van der Waals surface area contributed by atoms with Crippen LogP contribution in [0.4, 0.5) is 0 Å². The molecule has 8 rings (SSSR count). The fourth-order valence-electron chi connectivity index (χ4n) is 9.82. The molecule has 4 aromatic carbocycles. The predicted octanol–water partition coefficient (Wildman–Crippen LogP) is 12.1. The molecule has 4 aliphatic carbocycles. The summed E-state index contributed by atoms with van der Waals surface area (Å²) in [6.07, 6.45) is 13.0. The minimum atomic E-state index is -0.220. The van der Waals surface area contributed by atoms with E-state index in [0.717, 1.165) is 55.6 Å². The molecule has 0 saturated heterocycles. The van der Waals surface area contributed by atoms with Crippen LogP contribution in [0.5, 0.6) is 11.5 Å². The van der Waals surface area contributed by atoms with Crippen molar-refractivity contribution in [3.05, 3.63) is 83.9 Å². The van der Waals surface area contributed by atoms with Gasteiger partial charge in [-0.2, -0.15) is 0 Å². The Morgan fingerprint density at radius 1 is 0.585 bits per heavy atom. The molecule has 4 saturated carbocycles. The third-order valence-corrected chi connectivity index (χ3v) is 14.3. The van der Waals surface area contributed by atoms with Gasteiger partial charge in [0.25, 0.3) is 0 Å². The van der Waals surface area contributed by atoms with Gasteiger partial charge < -0.3 is 30.0 Å². The third-order valence-electron chi connectivity index (χ3n) is 14.3. The number of ketones is 1. The number of nitrogens with two attached hydrogens (primary N) is 1. The van der Waals surface area contributed by atoms with Crippen molar-refractivity contribution < 1.29 is 33.3 Å². The van der Waals surface area contributed by atoms with E-state index in [1.165, 1.54) is 71.2 Å². The van der Waals surface area contributed by atoms with Crippen LogP contribution in [0.25, 0.3) is 21.5 Å².